The number of rotatable bonds is 9. The number of sulfonamides is 1. The van der Waals surface area contributed by atoms with Crippen molar-refractivity contribution in [1.29, 1.82) is 0 Å². The highest BCUT2D eigenvalue weighted by Crippen LogP contribution is 2.32. The predicted molar refractivity (Wildman–Crippen MR) is 153 cm³/mol. The molecule has 0 bridgehead atoms. The number of hydrogen-bond acceptors (Lipinski definition) is 6. The van der Waals surface area contributed by atoms with Gasteiger partial charge in [-0.15, -0.1) is 0 Å². The molecule has 2 fully saturated rings. The van der Waals surface area contributed by atoms with Crippen LogP contribution < -0.4 is 4.74 Å². The summed E-state index contributed by atoms with van der Waals surface area (Å²) in [4.78, 5) is 17.5. The number of aryl methyl sites for hydroxylation is 5. The van der Waals surface area contributed by atoms with Crippen LogP contribution in [0.2, 0.25) is 0 Å². The summed E-state index contributed by atoms with van der Waals surface area (Å²) in [5.41, 5.74) is 6.63. The first-order valence-electron chi connectivity index (χ1n) is 13.8. The van der Waals surface area contributed by atoms with Gasteiger partial charge in [-0.3, -0.25) is 9.69 Å². The highest BCUT2D eigenvalue weighted by Gasteiger charge is 2.37. The fourth-order valence-corrected chi connectivity index (χ4v) is 8.15. The summed E-state index contributed by atoms with van der Waals surface area (Å²) in [7, 11) is -2.12. The second kappa shape index (κ2) is 12.4. The molecule has 8 nitrogen and oxygen atoms in total. The Morgan fingerprint density at radius 3 is 2.10 bits per heavy atom. The van der Waals surface area contributed by atoms with Crippen LogP contribution in [0.25, 0.3) is 0 Å². The first kappa shape index (κ1) is 29.5. The second-order valence-electron chi connectivity index (χ2n) is 11.1. The molecular weight excluding hydrogens is 514 g/mol. The lowest BCUT2D eigenvalue weighted by molar-refractivity contribution is -0.138. The van der Waals surface area contributed by atoms with Gasteiger partial charge in [0.2, 0.25) is 15.9 Å². The van der Waals surface area contributed by atoms with Crippen LogP contribution in [-0.4, -0.2) is 87.5 Å². The van der Waals surface area contributed by atoms with Crippen LogP contribution in [0.15, 0.2) is 29.2 Å². The van der Waals surface area contributed by atoms with Crippen molar-refractivity contribution in [3.05, 3.63) is 57.6 Å². The van der Waals surface area contributed by atoms with Crippen molar-refractivity contribution in [2.45, 2.75) is 64.9 Å². The van der Waals surface area contributed by atoms with Crippen LogP contribution in [0.4, 0.5) is 0 Å². The fourth-order valence-electron chi connectivity index (χ4n) is 6.06. The molecule has 1 atom stereocenters. The Hall–Kier alpha value is -2.46. The lowest BCUT2D eigenvalue weighted by atomic mass is 9.99. The third-order valence-electron chi connectivity index (χ3n) is 8.04. The van der Waals surface area contributed by atoms with Gasteiger partial charge in [0, 0.05) is 45.3 Å². The highest BCUT2D eigenvalue weighted by molar-refractivity contribution is 7.89. The van der Waals surface area contributed by atoms with Gasteiger partial charge in [0.15, 0.2) is 0 Å². The van der Waals surface area contributed by atoms with Gasteiger partial charge >= 0.3 is 0 Å². The number of amides is 1. The normalized spacial score (nSPS) is 19.0. The van der Waals surface area contributed by atoms with Gasteiger partial charge in [-0.2, -0.15) is 4.31 Å². The zero-order valence-electron chi connectivity index (χ0n) is 24.2. The van der Waals surface area contributed by atoms with Gasteiger partial charge in [0.05, 0.1) is 18.6 Å². The van der Waals surface area contributed by atoms with Crippen molar-refractivity contribution in [3.8, 4) is 5.75 Å². The summed E-state index contributed by atoms with van der Waals surface area (Å²) in [6.45, 7) is 14.6. The Morgan fingerprint density at radius 2 is 1.51 bits per heavy atom. The van der Waals surface area contributed by atoms with Crippen molar-refractivity contribution in [2.24, 2.45) is 0 Å². The quantitative estimate of drug-likeness (QED) is 0.467. The van der Waals surface area contributed by atoms with E-state index < -0.39 is 10.0 Å². The lowest BCUT2D eigenvalue weighted by Gasteiger charge is -2.35. The number of hydrogen-bond donors (Lipinski definition) is 0. The number of piperazine rings is 1. The molecular formula is C30H43N3O5S. The zero-order valence-corrected chi connectivity index (χ0v) is 25.1. The molecule has 2 aromatic rings. The number of carbonyl (C=O) groups is 1. The Morgan fingerprint density at radius 1 is 0.897 bits per heavy atom. The third kappa shape index (κ3) is 6.65. The van der Waals surface area contributed by atoms with Crippen LogP contribution in [0.5, 0.6) is 5.75 Å². The smallest absolute Gasteiger partial charge is 0.248 e. The van der Waals surface area contributed by atoms with Crippen LogP contribution >= 0.6 is 0 Å². The Balaban J connectivity index is 1.28. The largest absolute Gasteiger partial charge is 0.497 e. The second-order valence-corrected chi connectivity index (χ2v) is 12.9. The number of benzene rings is 2. The Labute approximate surface area is 233 Å². The van der Waals surface area contributed by atoms with Crippen molar-refractivity contribution < 1.29 is 22.7 Å². The number of nitrogens with zero attached hydrogens (tertiary/aromatic N) is 3. The SMILES string of the molecule is COc1cc(C)c(S(=O)(=O)N2CCCC2COCC(=O)N2CCN(Cc3c(C)cc(C)cc3C)CC2)c(C)c1. The molecule has 2 heterocycles. The monoisotopic (exact) mass is 557 g/mol. The van der Waals surface area contributed by atoms with E-state index in [1.165, 1.54) is 22.3 Å². The standard InChI is InChI=1S/C30H43N3O5S/c1-21-14-22(2)28(23(3)15-21)18-31-10-12-32(13-11-31)29(34)20-38-19-26-8-7-9-33(26)39(35,36)30-24(4)16-27(37-6)17-25(30)5/h14-17,26H,7-13,18-20H2,1-6H3. The third-order valence-corrected chi connectivity index (χ3v) is 10.3. The van der Waals surface area contributed by atoms with Crippen molar-refractivity contribution in [1.82, 2.24) is 14.1 Å². The van der Waals surface area contributed by atoms with Crippen molar-refractivity contribution in [2.75, 3.05) is 53.0 Å². The van der Waals surface area contributed by atoms with Crippen LogP contribution in [0, 0.1) is 34.6 Å². The topological polar surface area (TPSA) is 79.4 Å². The molecule has 9 heteroatoms. The first-order chi connectivity index (χ1) is 18.5. The van der Waals surface area contributed by atoms with Crippen molar-refractivity contribution >= 4 is 15.9 Å². The molecule has 214 valence electrons. The van der Waals surface area contributed by atoms with E-state index in [9.17, 15) is 13.2 Å². The van der Waals surface area contributed by atoms with E-state index in [1.807, 2.05) is 4.90 Å². The molecule has 0 spiro atoms. The average Bonchev–Trinajstić information content (AvgIpc) is 3.35. The molecule has 2 aromatic carbocycles. The average molecular weight is 558 g/mol. The summed E-state index contributed by atoms with van der Waals surface area (Å²) >= 11 is 0. The minimum absolute atomic E-state index is 0.0266. The fraction of sp³-hybridized carbons (Fsp3) is 0.567. The number of methoxy groups -OCH3 is 1. The predicted octanol–water partition coefficient (Wildman–Crippen LogP) is 3.75. The van der Waals surface area contributed by atoms with Gasteiger partial charge in [0.25, 0.3) is 0 Å². The van der Waals surface area contributed by atoms with E-state index in [4.69, 9.17) is 9.47 Å². The molecule has 0 saturated carbocycles. The van der Waals surface area contributed by atoms with Crippen LogP contribution in [0.3, 0.4) is 0 Å². The van der Waals surface area contributed by atoms with Gasteiger partial charge in [-0.1, -0.05) is 17.7 Å². The van der Waals surface area contributed by atoms with E-state index in [0.29, 0.717) is 41.4 Å². The van der Waals surface area contributed by atoms with Gasteiger partial charge in [-0.05, 0) is 87.4 Å². The van der Waals surface area contributed by atoms with Crippen LogP contribution in [0.1, 0.15) is 46.2 Å². The van der Waals surface area contributed by atoms with E-state index in [0.717, 1.165) is 32.5 Å². The van der Waals surface area contributed by atoms with Crippen molar-refractivity contribution in [3.63, 3.8) is 0 Å². The molecule has 2 aliphatic heterocycles. The molecule has 0 aliphatic carbocycles. The molecule has 0 radical (unpaired) electrons. The van der Waals surface area contributed by atoms with Crippen LogP contribution in [-0.2, 0) is 26.1 Å². The summed E-state index contributed by atoms with van der Waals surface area (Å²) < 4.78 is 39.9. The summed E-state index contributed by atoms with van der Waals surface area (Å²) in [6.07, 6.45) is 1.50. The van der Waals surface area contributed by atoms with Gasteiger partial charge in [0.1, 0.15) is 12.4 Å². The summed E-state index contributed by atoms with van der Waals surface area (Å²) in [5.74, 6) is 0.608. The van der Waals surface area contributed by atoms with E-state index in [-0.39, 0.29) is 25.2 Å². The summed E-state index contributed by atoms with van der Waals surface area (Å²) in [5, 5.41) is 0. The molecule has 4 rings (SSSR count). The molecule has 1 unspecified atom stereocenters. The molecule has 39 heavy (non-hydrogen) atoms. The molecule has 0 aromatic heterocycles. The number of carbonyl (C=O) groups excluding carboxylic acids is 1. The molecule has 2 saturated heterocycles. The lowest BCUT2D eigenvalue weighted by Crippen LogP contribution is -2.49. The first-order valence-corrected chi connectivity index (χ1v) is 15.3. The Kier molecular flexibility index (Phi) is 9.37. The molecule has 1 amide bonds. The zero-order chi connectivity index (χ0) is 28.3. The highest BCUT2D eigenvalue weighted by atomic mass is 32.2. The summed E-state index contributed by atoms with van der Waals surface area (Å²) in [6, 6.07) is 7.69. The maximum absolute atomic E-state index is 13.6. The van der Waals surface area contributed by atoms with Gasteiger partial charge in [-0.25, -0.2) is 8.42 Å². The van der Waals surface area contributed by atoms with E-state index in [2.05, 4.69) is 37.8 Å². The van der Waals surface area contributed by atoms with E-state index >= 15 is 0 Å². The maximum atomic E-state index is 13.6. The maximum Gasteiger partial charge on any atom is 0.248 e. The van der Waals surface area contributed by atoms with Gasteiger partial charge < -0.3 is 14.4 Å². The Bertz CT molecular complexity index is 1260. The number of ether oxygens (including phenoxy) is 2. The molecule has 2 aliphatic rings. The molecule has 0 N–H and O–H groups in total. The minimum atomic E-state index is -3.69. The van der Waals surface area contributed by atoms with E-state index in [1.54, 1.807) is 37.4 Å². The minimum Gasteiger partial charge on any atom is -0.497 e.